The second-order valence-electron chi connectivity index (χ2n) is 3.90. The van der Waals surface area contributed by atoms with Gasteiger partial charge in [0.15, 0.2) is 5.82 Å². The molecule has 0 bridgehead atoms. The van der Waals surface area contributed by atoms with E-state index in [9.17, 15) is 4.79 Å². The summed E-state index contributed by atoms with van der Waals surface area (Å²) in [7, 11) is 0. The zero-order valence-electron chi connectivity index (χ0n) is 10.2. The zero-order chi connectivity index (χ0) is 13.8. The lowest BCUT2D eigenvalue weighted by Gasteiger charge is -2.14. The van der Waals surface area contributed by atoms with Crippen LogP contribution in [0, 0.1) is 0 Å². The number of rotatable bonds is 4. The summed E-state index contributed by atoms with van der Waals surface area (Å²) >= 11 is 4.89. The molecule has 0 aliphatic heterocycles. The second-order valence-corrected chi connectivity index (χ2v) is 5.80. The second kappa shape index (κ2) is 6.14. The van der Waals surface area contributed by atoms with Crippen molar-refractivity contribution in [1.82, 2.24) is 10.3 Å². The number of halogens is 1. The molecule has 0 spiro atoms. The van der Waals surface area contributed by atoms with Crippen molar-refractivity contribution in [3.63, 3.8) is 0 Å². The summed E-state index contributed by atoms with van der Waals surface area (Å²) in [6, 6.07) is 5.56. The number of nitrogen functional groups attached to an aromatic ring is 1. The smallest absolute Gasteiger partial charge is 0.255 e. The molecule has 5 nitrogen and oxygen atoms in total. The van der Waals surface area contributed by atoms with Crippen molar-refractivity contribution in [3.05, 3.63) is 44.7 Å². The Bertz CT molecular complexity index is 573. The van der Waals surface area contributed by atoms with Gasteiger partial charge in [0.05, 0.1) is 11.6 Å². The first kappa shape index (κ1) is 14.0. The van der Waals surface area contributed by atoms with Gasteiger partial charge in [-0.2, -0.15) is 0 Å². The average molecular weight is 341 g/mol. The molecule has 7 heteroatoms. The van der Waals surface area contributed by atoms with Gasteiger partial charge in [0, 0.05) is 15.5 Å². The first-order chi connectivity index (χ1) is 9.11. The number of anilines is 1. The molecular weight excluding hydrogens is 328 g/mol. The quantitative estimate of drug-likeness (QED) is 0.590. The highest BCUT2D eigenvalue weighted by Crippen LogP contribution is 2.21. The molecule has 4 N–H and O–H groups in total. The number of hydrogen-bond acceptors (Lipinski definition) is 5. The molecule has 0 aromatic carbocycles. The third-order valence-corrected chi connectivity index (χ3v) is 4.04. The van der Waals surface area contributed by atoms with Crippen LogP contribution in [-0.2, 0) is 0 Å². The summed E-state index contributed by atoms with van der Waals surface area (Å²) < 4.78 is 0.723. The maximum atomic E-state index is 12.2. The van der Waals surface area contributed by atoms with Crippen LogP contribution in [0.3, 0.4) is 0 Å². The SMILES string of the molecule is CC(NC(=O)c1cc(Br)cnc1NN)c1cccs1. The Kier molecular flexibility index (Phi) is 4.52. The minimum absolute atomic E-state index is 0.0582. The van der Waals surface area contributed by atoms with Crippen LogP contribution in [0.2, 0.25) is 0 Å². The highest BCUT2D eigenvalue weighted by molar-refractivity contribution is 9.10. The maximum Gasteiger partial charge on any atom is 0.255 e. The molecule has 1 amide bonds. The fourth-order valence-electron chi connectivity index (χ4n) is 1.61. The molecule has 0 saturated carbocycles. The van der Waals surface area contributed by atoms with E-state index in [1.165, 1.54) is 0 Å². The van der Waals surface area contributed by atoms with Crippen LogP contribution in [0.5, 0.6) is 0 Å². The van der Waals surface area contributed by atoms with Crippen LogP contribution in [0.1, 0.15) is 28.2 Å². The van der Waals surface area contributed by atoms with Crippen LogP contribution >= 0.6 is 27.3 Å². The lowest BCUT2D eigenvalue weighted by molar-refractivity contribution is 0.0941. The van der Waals surface area contributed by atoms with Crippen molar-refractivity contribution < 1.29 is 4.79 Å². The van der Waals surface area contributed by atoms with Crippen LogP contribution < -0.4 is 16.6 Å². The molecule has 19 heavy (non-hydrogen) atoms. The van der Waals surface area contributed by atoms with Gasteiger partial charge in [-0.05, 0) is 40.4 Å². The van der Waals surface area contributed by atoms with E-state index in [-0.39, 0.29) is 11.9 Å². The number of nitrogens with two attached hydrogens (primary N) is 1. The van der Waals surface area contributed by atoms with E-state index in [1.54, 1.807) is 23.6 Å². The first-order valence-electron chi connectivity index (χ1n) is 5.58. The first-order valence-corrected chi connectivity index (χ1v) is 7.25. The van der Waals surface area contributed by atoms with Crippen molar-refractivity contribution in [2.45, 2.75) is 13.0 Å². The van der Waals surface area contributed by atoms with E-state index in [0.29, 0.717) is 11.4 Å². The fraction of sp³-hybridized carbons (Fsp3) is 0.167. The van der Waals surface area contributed by atoms with Crippen LogP contribution in [0.25, 0.3) is 0 Å². The van der Waals surface area contributed by atoms with Gasteiger partial charge in [-0.25, -0.2) is 10.8 Å². The van der Waals surface area contributed by atoms with Crippen molar-refractivity contribution in [2.75, 3.05) is 5.43 Å². The normalized spacial score (nSPS) is 11.9. The number of amides is 1. The molecule has 0 aliphatic carbocycles. The van der Waals surface area contributed by atoms with E-state index in [4.69, 9.17) is 5.84 Å². The van der Waals surface area contributed by atoms with Crippen LogP contribution in [-0.4, -0.2) is 10.9 Å². The number of thiophene rings is 1. The van der Waals surface area contributed by atoms with Crippen molar-refractivity contribution in [1.29, 1.82) is 0 Å². The van der Waals surface area contributed by atoms with Gasteiger partial charge in [-0.15, -0.1) is 11.3 Å². The minimum Gasteiger partial charge on any atom is -0.345 e. The lowest BCUT2D eigenvalue weighted by Crippen LogP contribution is -2.28. The molecule has 0 fully saturated rings. The standard InChI is InChI=1S/C12H13BrN4OS/c1-7(10-3-2-4-19-10)16-12(18)9-5-8(13)6-15-11(9)17-14/h2-7H,14H2,1H3,(H,15,17)(H,16,18). The molecule has 2 heterocycles. The highest BCUT2D eigenvalue weighted by atomic mass is 79.9. The third kappa shape index (κ3) is 3.31. The van der Waals surface area contributed by atoms with Crippen molar-refractivity contribution in [3.8, 4) is 0 Å². The topological polar surface area (TPSA) is 80.0 Å². The Morgan fingerprint density at radius 3 is 3.00 bits per heavy atom. The Morgan fingerprint density at radius 2 is 2.37 bits per heavy atom. The molecular formula is C12H13BrN4OS. The molecule has 1 atom stereocenters. The Morgan fingerprint density at radius 1 is 1.58 bits per heavy atom. The largest absolute Gasteiger partial charge is 0.345 e. The number of hydrazine groups is 1. The summed E-state index contributed by atoms with van der Waals surface area (Å²) in [6.07, 6.45) is 1.58. The predicted molar refractivity (Wildman–Crippen MR) is 79.9 cm³/mol. The summed E-state index contributed by atoms with van der Waals surface area (Å²) in [5.74, 6) is 5.48. The number of pyridine rings is 1. The average Bonchev–Trinajstić information content (AvgIpc) is 2.92. The Labute approximate surface area is 123 Å². The van der Waals surface area contributed by atoms with Gasteiger partial charge in [-0.1, -0.05) is 6.07 Å². The van der Waals surface area contributed by atoms with Crippen LogP contribution in [0.15, 0.2) is 34.2 Å². The van der Waals surface area contributed by atoms with E-state index in [1.807, 2.05) is 24.4 Å². The molecule has 2 aromatic rings. The van der Waals surface area contributed by atoms with E-state index in [2.05, 4.69) is 31.7 Å². The molecule has 2 aromatic heterocycles. The van der Waals surface area contributed by atoms with Crippen molar-refractivity contribution >= 4 is 39.0 Å². The van der Waals surface area contributed by atoms with E-state index in [0.717, 1.165) is 9.35 Å². The van der Waals surface area contributed by atoms with Crippen molar-refractivity contribution in [2.24, 2.45) is 5.84 Å². The maximum absolute atomic E-state index is 12.2. The molecule has 0 aliphatic rings. The zero-order valence-corrected chi connectivity index (χ0v) is 12.6. The number of nitrogens with zero attached hydrogens (tertiary/aromatic N) is 1. The monoisotopic (exact) mass is 340 g/mol. The van der Waals surface area contributed by atoms with E-state index < -0.39 is 0 Å². The number of aromatic nitrogens is 1. The van der Waals surface area contributed by atoms with E-state index >= 15 is 0 Å². The van der Waals surface area contributed by atoms with Gasteiger partial charge in [-0.3, -0.25) is 4.79 Å². The van der Waals surface area contributed by atoms with Gasteiger partial charge in [0.25, 0.3) is 5.91 Å². The van der Waals surface area contributed by atoms with Gasteiger partial charge in [0.2, 0.25) is 0 Å². The number of hydrogen-bond donors (Lipinski definition) is 3. The lowest BCUT2D eigenvalue weighted by atomic mass is 10.2. The number of nitrogens with one attached hydrogen (secondary N) is 2. The molecule has 100 valence electrons. The predicted octanol–water partition coefficient (Wildman–Crippen LogP) is 2.68. The molecule has 1 unspecified atom stereocenters. The summed E-state index contributed by atoms with van der Waals surface area (Å²) in [4.78, 5) is 17.4. The highest BCUT2D eigenvalue weighted by Gasteiger charge is 2.16. The van der Waals surface area contributed by atoms with Gasteiger partial charge >= 0.3 is 0 Å². The number of carbonyl (C=O) groups excluding carboxylic acids is 1. The summed E-state index contributed by atoms with van der Waals surface area (Å²) in [5.41, 5.74) is 2.82. The summed E-state index contributed by atoms with van der Waals surface area (Å²) in [6.45, 7) is 1.94. The Balaban J connectivity index is 2.18. The summed E-state index contributed by atoms with van der Waals surface area (Å²) in [5, 5.41) is 4.89. The Hall–Kier alpha value is -1.44. The molecule has 2 rings (SSSR count). The molecule has 0 saturated heterocycles. The van der Waals surface area contributed by atoms with Gasteiger partial charge < -0.3 is 10.7 Å². The van der Waals surface area contributed by atoms with Crippen LogP contribution in [0.4, 0.5) is 5.82 Å². The fourth-order valence-corrected chi connectivity index (χ4v) is 2.68. The molecule has 0 radical (unpaired) electrons. The third-order valence-electron chi connectivity index (χ3n) is 2.55. The minimum atomic E-state index is -0.220. The number of carbonyl (C=O) groups is 1. The van der Waals surface area contributed by atoms with Gasteiger partial charge in [0.1, 0.15) is 0 Å².